The standard InChI is InChI=1S/C24H17Cl2NO4S/c1-2-30-24(29)21-22(28)20(32-23(21)27-15-6-4-3-5-7-15)13-16-9-11-19(31-16)17-12-14(25)8-10-18(17)26/h3-13,28H,2H2,1H3/b20-13-,27-23?. The van der Waals surface area contributed by atoms with Crippen LogP contribution in [0.5, 0.6) is 0 Å². The molecule has 0 spiro atoms. The molecule has 0 atom stereocenters. The van der Waals surface area contributed by atoms with Crippen LogP contribution in [0, 0.1) is 0 Å². The fourth-order valence-electron chi connectivity index (χ4n) is 3.00. The lowest BCUT2D eigenvalue weighted by Gasteiger charge is -2.03. The van der Waals surface area contributed by atoms with Crippen LogP contribution in [0.1, 0.15) is 12.7 Å². The number of carbonyl (C=O) groups excluding carboxylic acids is 1. The highest BCUT2D eigenvalue weighted by atomic mass is 35.5. The second-order valence-corrected chi connectivity index (χ2v) is 8.51. The van der Waals surface area contributed by atoms with Gasteiger partial charge in [-0.15, -0.1) is 0 Å². The summed E-state index contributed by atoms with van der Waals surface area (Å²) in [5.74, 6) is 0.150. The summed E-state index contributed by atoms with van der Waals surface area (Å²) in [4.78, 5) is 17.4. The lowest BCUT2D eigenvalue weighted by Crippen LogP contribution is -2.12. The monoisotopic (exact) mass is 485 g/mol. The van der Waals surface area contributed by atoms with Gasteiger partial charge in [-0.2, -0.15) is 0 Å². The lowest BCUT2D eigenvalue weighted by molar-refractivity contribution is -0.138. The van der Waals surface area contributed by atoms with Crippen LogP contribution in [0.25, 0.3) is 17.4 Å². The molecule has 1 aromatic heterocycles. The fraction of sp³-hybridized carbons (Fsp3) is 0.0833. The highest BCUT2D eigenvalue weighted by Crippen LogP contribution is 2.41. The van der Waals surface area contributed by atoms with Gasteiger partial charge in [0.05, 0.1) is 22.2 Å². The van der Waals surface area contributed by atoms with E-state index in [-0.39, 0.29) is 17.9 Å². The maximum absolute atomic E-state index is 12.5. The minimum atomic E-state index is -0.638. The van der Waals surface area contributed by atoms with Crippen molar-refractivity contribution >= 4 is 57.7 Å². The van der Waals surface area contributed by atoms with Crippen molar-refractivity contribution in [3.63, 3.8) is 0 Å². The van der Waals surface area contributed by atoms with Crippen LogP contribution in [0.15, 0.2) is 86.3 Å². The molecule has 1 aliphatic heterocycles. The zero-order valence-corrected chi connectivity index (χ0v) is 19.2. The van der Waals surface area contributed by atoms with Gasteiger partial charge in [0.25, 0.3) is 0 Å². The number of hydrogen-bond acceptors (Lipinski definition) is 6. The molecule has 0 saturated carbocycles. The molecule has 0 fully saturated rings. The number of thioether (sulfide) groups is 1. The average Bonchev–Trinajstić information content (AvgIpc) is 3.35. The molecule has 0 amide bonds. The van der Waals surface area contributed by atoms with E-state index in [1.807, 2.05) is 30.3 Å². The molecule has 1 aliphatic rings. The van der Waals surface area contributed by atoms with Crippen LogP contribution in [0.3, 0.4) is 0 Å². The number of furan rings is 1. The van der Waals surface area contributed by atoms with Gasteiger partial charge in [0.1, 0.15) is 27.9 Å². The smallest absolute Gasteiger partial charge is 0.344 e. The third-order valence-electron chi connectivity index (χ3n) is 4.45. The number of para-hydroxylation sites is 1. The third-order valence-corrected chi connectivity index (χ3v) is 6.04. The van der Waals surface area contributed by atoms with Gasteiger partial charge in [0.15, 0.2) is 0 Å². The van der Waals surface area contributed by atoms with Crippen LogP contribution in [0.2, 0.25) is 10.0 Å². The van der Waals surface area contributed by atoms with Crippen molar-refractivity contribution in [3.05, 3.63) is 92.7 Å². The summed E-state index contributed by atoms with van der Waals surface area (Å²) in [7, 11) is 0. The van der Waals surface area contributed by atoms with Crippen molar-refractivity contribution in [2.24, 2.45) is 4.99 Å². The van der Waals surface area contributed by atoms with Crippen molar-refractivity contribution in [1.82, 2.24) is 0 Å². The van der Waals surface area contributed by atoms with Crippen molar-refractivity contribution in [2.75, 3.05) is 6.61 Å². The molecule has 162 valence electrons. The Labute approximate surface area is 199 Å². The lowest BCUT2D eigenvalue weighted by atomic mass is 10.2. The predicted octanol–water partition coefficient (Wildman–Crippen LogP) is 7.45. The number of hydrogen-bond donors (Lipinski definition) is 1. The number of aliphatic hydroxyl groups is 1. The molecule has 3 aromatic rings. The summed E-state index contributed by atoms with van der Waals surface area (Å²) >= 11 is 13.5. The number of carbonyl (C=O) groups is 1. The Kier molecular flexibility index (Phi) is 6.74. The second kappa shape index (κ2) is 9.69. The van der Waals surface area contributed by atoms with Crippen molar-refractivity contribution in [3.8, 4) is 11.3 Å². The van der Waals surface area contributed by atoms with Crippen molar-refractivity contribution in [1.29, 1.82) is 0 Å². The van der Waals surface area contributed by atoms with E-state index in [2.05, 4.69) is 4.99 Å². The minimum Gasteiger partial charge on any atom is -0.506 e. The molecule has 0 saturated heterocycles. The number of rotatable bonds is 5. The van der Waals surface area contributed by atoms with Gasteiger partial charge in [-0.1, -0.05) is 53.2 Å². The molecule has 0 aliphatic carbocycles. The molecule has 2 heterocycles. The van der Waals surface area contributed by atoms with Crippen LogP contribution in [-0.4, -0.2) is 22.7 Å². The molecule has 5 nitrogen and oxygen atoms in total. The molecule has 0 radical (unpaired) electrons. The maximum Gasteiger partial charge on any atom is 0.344 e. The molecule has 0 bridgehead atoms. The first kappa shape index (κ1) is 22.3. The number of benzene rings is 2. The van der Waals surface area contributed by atoms with Gasteiger partial charge in [-0.25, -0.2) is 9.79 Å². The van der Waals surface area contributed by atoms with Crippen LogP contribution < -0.4 is 0 Å². The predicted molar refractivity (Wildman–Crippen MR) is 130 cm³/mol. The SMILES string of the molecule is CCOC(=O)C1=C(O)/C(=C/c2ccc(-c3cc(Cl)ccc3Cl)o2)SC1=Nc1ccccc1. The summed E-state index contributed by atoms with van der Waals surface area (Å²) in [5, 5.41) is 12.2. The van der Waals surface area contributed by atoms with Crippen LogP contribution >= 0.6 is 35.0 Å². The second-order valence-electron chi connectivity index (χ2n) is 6.63. The highest BCUT2D eigenvalue weighted by molar-refractivity contribution is 8.18. The van der Waals surface area contributed by atoms with Crippen LogP contribution in [-0.2, 0) is 9.53 Å². The number of aliphatic hydroxyl groups excluding tert-OH is 1. The normalized spacial score (nSPS) is 16.2. The number of aliphatic imine (C=N–C) groups is 1. The minimum absolute atomic E-state index is 0.0246. The molecule has 1 N–H and O–H groups in total. The molecular weight excluding hydrogens is 469 g/mol. The summed E-state index contributed by atoms with van der Waals surface area (Å²) in [5.41, 5.74) is 1.33. The Hall–Kier alpha value is -2.93. The van der Waals surface area contributed by atoms with E-state index in [9.17, 15) is 9.90 Å². The summed E-state index contributed by atoms with van der Waals surface area (Å²) < 4.78 is 11.0. The van der Waals surface area contributed by atoms with E-state index in [1.54, 1.807) is 43.3 Å². The third kappa shape index (κ3) is 4.78. The van der Waals surface area contributed by atoms with Gasteiger partial charge in [-0.3, -0.25) is 0 Å². The maximum atomic E-state index is 12.5. The first-order valence-corrected chi connectivity index (χ1v) is 11.2. The van der Waals surface area contributed by atoms with E-state index < -0.39 is 5.97 Å². The van der Waals surface area contributed by atoms with Gasteiger partial charge in [-0.05, 0) is 55.5 Å². The Morgan fingerprint density at radius 2 is 1.94 bits per heavy atom. The van der Waals surface area contributed by atoms with Gasteiger partial charge >= 0.3 is 5.97 Å². The largest absolute Gasteiger partial charge is 0.506 e. The van der Waals surface area contributed by atoms with Crippen LogP contribution in [0.4, 0.5) is 5.69 Å². The fourth-order valence-corrected chi connectivity index (χ4v) is 4.40. The first-order chi connectivity index (χ1) is 15.5. The molecule has 2 aromatic carbocycles. The topological polar surface area (TPSA) is 72.0 Å². The highest BCUT2D eigenvalue weighted by Gasteiger charge is 2.33. The summed E-state index contributed by atoms with van der Waals surface area (Å²) in [6, 6.07) is 17.8. The molecule has 4 rings (SSSR count). The van der Waals surface area contributed by atoms with E-state index in [1.165, 1.54) is 0 Å². The Balaban J connectivity index is 1.71. The van der Waals surface area contributed by atoms with Crippen molar-refractivity contribution in [2.45, 2.75) is 6.92 Å². The molecule has 0 unspecified atom stereocenters. The van der Waals surface area contributed by atoms with Crippen molar-refractivity contribution < 1.29 is 19.1 Å². The molecule has 32 heavy (non-hydrogen) atoms. The Morgan fingerprint density at radius 3 is 2.69 bits per heavy atom. The zero-order chi connectivity index (χ0) is 22.7. The summed E-state index contributed by atoms with van der Waals surface area (Å²) in [6.07, 6.45) is 1.63. The number of ether oxygens (including phenoxy) is 1. The number of halogens is 2. The van der Waals surface area contributed by atoms with E-state index in [0.717, 1.165) is 11.8 Å². The molecular formula is C24H17Cl2NO4S. The Morgan fingerprint density at radius 1 is 1.16 bits per heavy atom. The van der Waals surface area contributed by atoms with Gasteiger partial charge in [0.2, 0.25) is 0 Å². The quantitative estimate of drug-likeness (QED) is 0.380. The van der Waals surface area contributed by atoms with E-state index >= 15 is 0 Å². The van der Waals surface area contributed by atoms with Gasteiger partial charge < -0.3 is 14.3 Å². The number of nitrogens with zero attached hydrogens (tertiary/aromatic N) is 1. The molecule has 8 heteroatoms. The van der Waals surface area contributed by atoms with E-state index in [4.69, 9.17) is 32.4 Å². The number of esters is 1. The van der Waals surface area contributed by atoms with Gasteiger partial charge in [0, 0.05) is 10.6 Å². The Bertz CT molecular complexity index is 1260. The van der Waals surface area contributed by atoms with E-state index in [0.29, 0.717) is 42.8 Å². The average molecular weight is 486 g/mol. The summed E-state index contributed by atoms with van der Waals surface area (Å²) in [6.45, 7) is 1.88. The first-order valence-electron chi connectivity index (χ1n) is 9.66. The zero-order valence-electron chi connectivity index (χ0n) is 16.8.